The molecule has 0 fully saturated rings. The van der Waals surface area contributed by atoms with E-state index in [9.17, 15) is 13.2 Å². The highest BCUT2D eigenvalue weighted by Gasteiger charge is 2.23. The molecular formula is C23H29N5O3S3. The molecule has 0 spiro atoms. The Morgan fingerprint density at radius 1 is 1.21 bits per heavy atom. The number of hydrogen-bond donors (Lipinski definition) is 2. The number of carbonyl (C=O) groups is 1. The van der Waals surface area contributed by atoms with Crippen molar-refractivity contribution in [3.8, 4) is 0 Å². The Bertz CT molecular complexity index is 1330. The van der Waals surface area contributed by atoms with E-state index in [0.29, 0.717) is 29.8 Å². The van der Waals surface area contributed by atoms with Crippen LogP contribution in [0.3, 0.4) is 0 Å². The first-order chi connectivity index (χ1) is 16.2. The Hall–Kier alpha value is -2.21. The second kappa shape index (κ2) is 10.2. The number of aromatic nitrogens is 2. The van der Waals surface area contributed by atoms with Gasteiger partial charge in [-0.05, 0) is 55.9 Å². The van der Waals surface area contributed by atoms with Gasteiger partial charge in [-0.3, -0.25) is 4.79 Å². The first kappa shape index (κ1) is 24.9. The van der Waals surface area contributed by atoms with E-state index in [2.05, 4.69) is 15.3 Å². The third kappa shape index (κ3) is 4.93. The normalized spacial score (nSPS) is 13.9. The van der Waals surface area contributed by atoms with Crippen molar-refractivity contribution in [2.75, 3.05) is 29.9 Å². The molecule has 0 bridgehead atoms. The molecule has 2 heterocycles. The molecule has 182 valence electrons. The molecule has 1 aromatic carbocycles. The summed E-state index contributed by atoms with van der Waals surface area (Å²) in [7, 11) is -3.61. The lowest BCUT2D eigenvalue weighted by Crippen LogP contribution is -2.30. The van der Waals surface area contributed by atoms with Crippen molar-refractivity contribution in [3.63, 3.8) is 0 Å². The number of nitrogens with zero attached hydrogens (tertiary/aromatic N) is 3. The minimum absolute atomic E-state index is 0.0858. The summed E-state index contributed by atoms with van der Waals surface area (Å²) in [6, 6.07) is 4.79. The zero-order chi connectivity index (χ0) is 24.5. The maximum atomic E-state index is 12.8. The van der Waals surface area contributed by atoms with Gasteiger partial charge in [0.15, 0.2) is 5.16 Å². The van der Waals surface area contributed by atoms with E-state index in [1.165, 1.54) is 39.0 Å². The van der Waals surface area contributed by atoms with Crippen LogP contribution < -0.4 is 11.1 Å². The molecule has 8 nitrogen and oxygen atoms in total. The smallest absolute Gasteiger partial charge is 0.243 e. The Morgan fingerprint density at radius 3 is 2.68 bits per heavy atom. The fourth-order valence-corrected chi connectivity index (χ4v) is 7.62. The minimum atomic E-state index is -3.61. The van der Waals surface area contributed by atoms with Gasteiger partial charge < -0.3 is 11.1 Å². The summed E-state index contributed by atoms with van der Waals surface area (Å²) < 4.78 is 27.1. The first-order valence-corrected chi connectivity index (χ1v) is 14.6. The highest BCUT2D eigenvalue weighted by molar-refractivity contribution is 7.99. The van der Waals surface area contributed by atoms with Crippen LogP contribution in [0.25, 0.3) is 10.2 Å². The number of thiophene rings is 1. The molecule has 1 aliphatic carbocycles. The van der Waals surface area contributed by atoms with E-state index < -0.39 is 10.0 Å². The molecule has 0 saturated carbocycles. The predicted molar refractivity (Wildman–Crippen MR) is 139 cm³/mol. The van der Waals surface area contributed by atoms with Gasteiger partial charge in [-0.25, -0.2) is 18.4 Å². The lowest BCUT2D eigenvalue weighted by atomic mass is 9.97. The van der Waals surface area contributed by atoms with Crippen LogP contribution in [-0.4, -0.2) is 47.4 Å². The van der Waals surface area contributed by atoms with Gasteiger partial charge >= 0.3 is 0 Å². The highest BCUT2D eigenvalue weighted by Crippen LogP contribution is 2.38. The summed E-state index contributed by atoms with van der Waals surface area (Å²) in [6.07, 6.45) is 4.42. The molecule has 0 aliphatic heterocycles. The van der Waals surface area contributed by atoms with Crippen molar-refractivity contribution in [3.05, 3.63) is 34.2 Å². The van der Waals surface area contributed by atoms with Crippen molar-refractivity contribution >= 4 is 60.8 Å². The number of carbonyl (C=O) groups excluding carboxylic acids is 1. The topological polar surface area (TPSA) is 118 Å². The highest BCUT2D eigenvalue weighted by atomic mass is 32.2. The standard InChI is InChI=1S/C23H29N5O3S3/c1-4-28(5-2)34(30,31)15-11-10-14(3)17(12-15)25-19(29)13-32-23-26-21(24)20-16-8-6-7-9-18(16)33-22(20)27-23/h10-12H,4-9,13H2,1-3H3,(H,25,29)(H2,24,26,27). The Labute approximate surface area is 208 Å². The molecular weight excluding hydrogens is 490 g/mol. The van der Waals surface area contributed by atoms with Crippen molar-refractivity contribution in [2.45, 2.75) is 56.5 Å². The molecule has 34 heavy (non-hydrogen) atoms. The number of aryl methyl sites for hydroxylation is 3. The average molecular weight is 520 g/mol. The third-order valence-corrected chi connectivity index (χ3v) is 10.1. The number of fused-ring (bicyclic) bond motifs is 3. The molecule has 0 unspecified atom stereocenters. The van der Waals surface area contributed by atoms with Crippen LogP contribution in [0, 0.1) is 6.92 Å². The largest absolute Gasteiger partial charge is 0.383 e. The summed E-state index contributed by atoms with van der Waals surface area (Å²) in [4.78, 5) is 24.1. The maximum Gasteiger partial charge on any atom is 0.243 e. The van der Waals surface area contributed by atoms with E-state index in [1.54, 1.807) is 37.3 Å². The zero-order valence-corrected chi connectivity index (χ0v) is 22.0. The van der Waals surface area contributed by atoms with Gasteiger partial charge in [-0.1, -0.05) is 31.7 Å². The molecule has 3 N–H and O–H groups in total. The monoisotopic (exact) mass is 519 g/mol. The fraction of sp³-hybridized carbons (Fsp3) is 0.435. The van der Waals surface area contributed by atoms with Crippen LogP contribution >= 0.6 is 23.1 Å². The predicted octanol–water partition coefficient (Wildman–Crippen LogP) is 4.22. The minimum Gasteiger partial charge on any atom is -0.383 e. The second-order valence-corrected chi connectivity index (χ2v) is 12.1. The van der Waals surface area contributed by atoms with Crippen LogP contribution in [0.15, 0.2) is 28.3 Å². The summed E-state index contributed by atoms with van der Waals surface area (Å²) in [6.45, 7) is 6.18. The Balaban J connectivity index is 1.48. The number of nitrogen functional groups attached to an aromatic ring is 1. The summed E-state index contributed by atoms with van der Waals surface area (Å²) in [5.41, 5.74) is 8.80. The zero-order valence-electron chi connectivity index (χ0n) is 19.6. The fourth-order valence-electron chi connectivity index (χ4n) is 4.15. The SMILES string of the molecule is CCN(CC)S(=O)(=O)c1ccc(C)c(NC(=O)CSc2nc(N)c3c4c(sc3n2)CCCC4)c1. The van der Waals surface area contributed by atoms with Gasteiger partial charge in [0.05, 0.1) is 16.0 Å². The average Bonchev–Trinajstić information content (AvgIpc) is 3.18. The van der Waals surface area contributed by atoms with E-state index >= 15 is 0 Å². The summed E-state index contributed by atoms with van der Waals surface area (Å²) in [5, 5.41) is 4.27. The second-order valence-electron chi connectivity index (χ2n) is 8.19. The third-order valence-electron chi connectivity index (χ3n) is 5.98. The van der Waals surface area contributed by atoms with Crippen molar-refractivity contribution < 1.29 is 13.2 Å². The van der Waals surface area contributed by atoms with Gasteiger partial charge in [-0.2, -0.15) is 4.31 Å². The van der Waals surface area contributed by atoms with E-state index in [0.717, 1.165) is 35.0 Å². The van der Waals surface area contributed by atoms with Crippen molar-refractivity contribution in [1.29, 1.82) is 0 Å². The number of nitrogens with two attached hydrogens (primary N) is 1. The molecule has 11 heteroatoms. The molecule has 1 amide bonds. The lowest BCUT2D eigenvalue weighted by molar-refractivity contribution is -0.113. The van der Waals surface area contributed by atoms with E-state index in [-0.39, 0.29) is 16.6 Å². The van der Waals surface area contributed by atoms with Gasteiger partial charge in [0.25, 0.3) is 0 Å². The van der Waals surface area contributed by atoms with Crippen LogP contribution in [-0.2, 0) is 27.7 Å². The Morgan fingerprint density at radius 2 is 1.94 bits per heavy atom. The van der Waals surface area contributed by atoms with Crippen LogP contribution in [0.2, 0.25) is 0 Å². The molecule has 1 aliphatic rings. The summed E-state index contributed by atoms with van der Waals surface area (Å²) >= 11 is 2.89. The molecule has 3 aromatic rings. The quantitative estimate of drug-likeness (QED) is 0.338. The molecule has 0 saturated heterocycles. The number of benzene rings is 1. The van der Waals surface area contributed by atoms with Gasteiger partial charge in [-0.15, -0.1) is 11.3 Å². The van der Waals surface area contributed by atoms with Crippen molar-refractivity contribution in [2.24, 2.45) is 0 Å². The van der Waals surface area contributed by atoms with Crippen molar-refractivity contribution in [1.82, 2.24) is 14.3 Å². The molecule has 0 atom stereocenters. The van der Waals surface area contributed by atoms with Crippen LogP contribution in [0.4, 0.5) is 11.5 Å². The number of anilines is 2. The summed E-state index contributed by atoms with van der Waals surface area (Å²) in [5.74, 6) is 0.290. The number of thioether (sulfide) groups is 1. The van der Waals surface area contributed by atoms with Gasteiger partial charge in [0.2, 0.25) is 15.9 Å². The van der Waals surface area contributed by atoms with Crippen LogP contribution in [0.1, 0.15) is 42.7 Å². The van der Waals surface area contributed by atoms with Gasteiger partial charge in [0.1, 0.15) is 10.6 Å². The molecule has 0 radical (unpaired) electrons. The number of rotatable bonds is 8. The maximum absolute atomic E-state index is 12.8. The number of amides is 1. The lowest BCUT2D eigenvalue weighted by Gasteiger charge is -2.19. The Kier molecular flexibility index (Phi) is 7.46. The van der Waals surface area contributed by atoms with E-state index in [4.69, 9.17) is 5.73 Å². The number of nitrogens with one attached hydrogen (secondary N) is 1. The molecule has 2 aromatic heterocycles. The van der Waals surface area contributed by atoms with Gasteiger partial charge in [0, 0.05) is 23.7 Å². The van der Waals surface area contributed by atoms with E-state index in [1.807, 2.05) is 6.92 Å². The van der Waals surface area contributed by atoms with Crippen LogP contribution in [0.5, 0.6) is 0 Å². The first-order valence-electron chi connectivity index (χ1n) is 11.4. The number of sulfonamides is 1. The number of hydrogen-bond acceptors (Lipinski definition) is 8. The molecule has 4 rings (SSSR count).